The fourth-order valence-electron chi connectivity index (χ4n) is 1.79. The highest BCUT2D eigenvalue weighted by atomic mass is 32.1. The molecule has 0 atom stereocenters. The molecule has 88 valence electrons. The lowest BCUT2D eigenvalue weighted by molar-refractivity contribution is -0.120. The molecule has 0 spiro atoms. The molecule has 1 fully saturated rings. The van der Waals surface area contributed by atoms with Gasteiger partial charge in [-0.2, -0.15) is 0 Å². The number of rotatable bonds is 3. The lowest BCUT2D eigenvalue weighted by Gasteiger charge is -2.03. The SMILES string of the molecule is Nc1nc2ccc(CC(=O)NC3CC3)cc2s1. The lowest BCUT2D eigenvalue weighted by atomic mass is 10.1. The first-order chi connectivity index (χ1) is 8.20. The van der Waals surface area contributed by atoms with E-state index in [4.69, 9.17) is 5.73 Å². The first-order valence-corrected chi connectivity index (χ1v) is 6.47. The van der Waals surface area contributed by atoms with E-state index in [-0.39, 0.29) is 5.91 Å². The Hall–Kier alpha value is -1.62. The first kappa shape index (κ1) is 10.5. The van der Waals surface area contributed by atoms with Crippen LogP contribution >= 0.6 is 11.3 Å². The maximum atomic E-state index is 11.7. The van der Waals surface area contributed by atoms with Gasteiger partial charge in [0.2, 0.25) is 5.91 Å². The molecule has 17 heavy (non-hydrogen) atoms. The molecule has 3 rings (SSSR count). The third-order valence-corrected chi connectivity index (χ3v) is 3.62. The molecule has 0 unspecified atom stereocenters. The van der Waals surface area contributed by atoms with E-state index in [0.29, 0.717) is 17.6 Å². The van der Waals surface area contributed by atoms with Gasteiger partial charge in [-0.15, -0.1) is 0 Å². The van der Waals surface area contributed by atoms with E-state index in [1.54, 1.807) is 0 Å². The molecule has 4 nitrogen and oxygen atoms in total. The largest absolute Gasteiger partial charge is 0.375 e. The summed E-state index contributed by atoms with van der Waals surface area (Å²) in [7, 11) is 0. The fourth-order valence-corrected chi connectivity index (χ4v) is 2.59. The van der Waals surface area contributed by atoms with E-state index in [9.17, 15) is 4.79 Å². The van der Waals surface area contributed by atoms with Crippen LogP contribution in [0.15, 0.2) is 18.2 Å². The van der Waals surface area contributed by atoms with Crippen LogP contribution < -0.4 is 11.1 Å². The number of carbonyl (C=O) groups excluding carboxylic acids is 1. The van der Waals surface area contributed by atoms with Crippen LogP contribution in [0.3, 0.4) is 0 Å². The van der Waals surface area contributed by atoms with Crippen molar-refractivity contribution in [3.8, 4) is 0 Å². The molecule has 1 saturated carbocycles. The van der Waals surface area contributed by atoms with Crippen LogP contribution in [0.25, 0.3) is 10.2 Å². The molecule has 1 heterocycles. The average Bonchev–Trinajstić information content (AvgIpc) is 2.98. The number of fused-ring (bicyclic) bond motifs is 1. The summed E-state index contributed by atoms with van der Waals surface area (Å²) < 4.78 is 1.04. The van der Waals surface area contributed by atoms with Crippen LogP contribution in [0.1, 0.15) is 18.4 Å². The number of hydrogen-bond donors (Lipinski definition) is 2. The Balaban J connectivity index is 1.77. The number of nitrogen functional groups attached to an aromatic ring is 1. The van der Waals surface area contributed by atoms with Crippen molar-refractivity contribution in [2.45, 2.75) is 25.3 Å². The summed E-state index contributed by atoms with van der Waals surface area (Å²) in [5.41, 5.74) is 7.56. The van der Waals surface area contributed by atoms with Gasteiger partial charge in [0.25, 0.3) is 0 Å². The van der Waals surface area contributed by atoms with Gasteiger partial charge in [0, 0.05) is 6.04 Å². The zero-order valence-corrected chi connectivity index (χ0v) is 10.1. The number of hydrogen-bond acceptors (Lipinski definition) is 4. The summed E-state index contributed by atoms with van der Waals surface area (Å²) in [5, 5.41) is 3.55. The monoisotopic (exact) mass is 247 g/mol. The van der Waals surface area contributed by atoms with Crippen LogP contribution in [0.5, 0.6) is 0 Å². The number of anilines is 1. The number of carbonyl (C=O) groups is 1. The van der Waals surface area contributed by atoms with Gasteiger partial charge in [-0.25, -0.2) is 4.98 Å². The van der Waals surface area contributed by atoms with Crippen molar-refractivity contribution in [1.29, 1.82) is 0 Å². The van der Waals surface area contributed by atoms with Crippen molar-refractivity contribution < 1.29 is 4.79 Å². The quantitative estimate of drug-likeness (QED) is 0.867. The second kappa shape index (κ2) is 4.00. The molecule has 0 aliphatic heterocycles. The molecule has 1 amide bonds. The minimum Gasteiger partial charge on any atom is -0.375 e. The standard InChI is InChI=1S/C12H13N3OS/c13-12-15-9-4-1-7(5-10(9)17-12)6-11(16)14-8-2-3-8/h1,4-5,8H,2-3,6H2,(H2,13,15)(H,14,16). The Kier molecular flexibility index (Phi) is 2.48. The minimum absolute atomic E-state index is 0.101. The van der Waals surface area contributed by atoms with Crippen molar-refractivity contribution in [2.75, 3.05) is 5.73 Å². The number of benzene rings is 1. The number of amides is 1. The molecule has 0 radical (unpaired) electrons. The number of aromatic nitrogens is 1. The fraction of sp³-hybridized carbons (Fsp3) is 0.333. The summed E-state index contributed by atoms with van der Waals surface area (Å²) in [6.45, 7) is 0. The van der Waals surface area contributed by atoms with E-state index >= 15 is 0 Å². The molecule has 2 aromatic rings. The molecule has 1 aliphatic carbocycles. The lowest BCUT2D eigenvalue weighted by Crippen LogP contribution is -2.26. The third kappa shape index (κ3) is 2.39. The molecule has 5 heteroatoms. The van der Waals surface area contributed by atoms with Crippen molar-refractivity contribution >= 4 is 32.6 Å². The maximum absolute atomic E-state index is 11.7. The molecule has 1 aliphatic rings. The summed E-state index contributed by atoms with van der Waals surface area (Å²) in [4.78, 5) is 15.8. The van der Waals surface area contributed by atoms with Crippen LogP contribution in [0.4, 0.5) is 5.13 Å². The van der Waals surface area contributed by atoms with Gasteiger partial charge in [-0.1, -0.05) is 17.4 Å². The van der Waals surface area contributed by atoms with Gasteiger partial charge in [-0.05, 0) is 30.5 Å². The summed E-state index contributed by atoms with van der Waals surface area (Å²) in [6, 6.07) is 6.27. The van der Waals surface area contributed by atoms with Crippen molar-refractivity contribution in [1.82, 2.24) is 10.3 Å². The molecule has 0 saturated heterocycles. The van der Waals surface area contributed by atoms with Crippen LogP contribution in [0.2, 0.25) is 0 Å². The topological polar surface area (TPSA) is 68.0 Å². The number of thiazole rings is 1. The highest BCUT2D eigenvalue weighted by Crippen LogP contribution is 2.25. The average molecular weight is 247 g/mol. The highest BCUT2D eigenvalue weighted by molar-refractivity contribution is 7.22. The van der Waals surface area contributed by atoms with Gasteiger partial charge in [-0.3, -0.25) is 4.79 Å². The summed E-state index contributed by atoms with van der Waals surface area (Å²) >= 11 is 1.45. The second-order valence-corrected chi connectivity index (χ2v) is 5.43. The van der Waals surface area contributed by atoms with Crippen molar-refractivity contribution in [2.24, 2.45) is 0 Å². The van der Waals surface area contributed by atoms with Crippen molar-refractivity contribution in [3.63, 3.8) is 0 Å². The second-order valence-electron chi connectivity index (χ2n) is 4.37. The summed E-state index contributed by atoms with van der Waals surface area (Å²) in [5.74, 6) is 0.101. The number of nitrogens with two attached hydrogens (primary N) is 1. The molecule has 0 bridgehead atoms. The van der Waals surface area contributed by atoms with E-state index in [1.165, 1.54) is 11.3 Å². The van der Waals surface area contributed by atoms with Gasteiger partial charge in [0.15, 0.2) is 5.13 Å². The predicted octanol–water partition coefficient (Wildman–Crippen LogP) is 1.70. The van der Waals surface area contributed by atoms with Gasteiger partial charge in [0.1, 0.15) is 0 Å². The summed E-state index contributed by atoms with van der Waals surface area (Å²) in [6.07, 6.45) is 2.68. The predicted molar refractivity (Wildman–Crippen MR) is 68.9 cm³/mol. The smallest absolute Gasteiger partial charge is 0.224 e. The van der Waals surface area contributed by atoms with E-state index in [0.717, 1.165) is 28.6 Å². The molecule has 1 aromatic carbocycles. The van der Waals surface area contributed by atoms with E-state index < -0.39 is 0 Å². The molecule has 1 aromatic heterocycles. The minimum atomic E-state index is 0.101. The Bertz CT molecular complexity index is 574. The Morgan fingerprint density at radius 2 is 2.35 bits per heavy atom. The van der Waals surface area contributed by atoms with E-state index in [1.807, 2.05) is 18.2 Å². The number of nitrogens with one attached hydrogen (secondary N) is 1. The molecular formula is C12H13N3OS. The zero-order valence-electron chi connectivity index (χ0n) is 9.27. The molecule has 3 N–H and O–H groups in total. The van der Waals surface area contributed by atoms with E-state index in [2.05, 4.69) is 10.3 Å². The van der Waals surface area contributed by atoms with Gasteiger partial charge < -0.3 is 11.1 Å². The van der Waals surface area contributed by atoms with Gasteiger partial charge >= 0.3 is 0 Å². The Labute approximate surface area is 103 Å². The van der Waals surface area contributed by atoms with Crippen LogP contribution in [-0.2, 0) is 11.2 Å². The first-order valence-electron chi connectivity index (χ1n) is 5.65. The molecular weight excluding hydrogens is 234 g/mol. The zero-order chi connectivity index (χ0) is 11.8. The van der Waals surface area contributed by atoms with Crippen LogP contribution in [-0.4, -0.2) is 16.9 Å². The van der Waals surface area contributed by atoms with Crippen molar-refractivity contribution in [3.05, 3.63) is 23.8 Å². The third-order valence-electron chi connectivity index (χ3n) is 2.78. The highest BCUT2D eigenvalue weighted by Gasteiger charge is 2.23. The van der Waals surface area contributed by atoms with Crippen LogP contribution in [0, 0.1) is 0 Å². The maximum Gasteiger partial charge on any atom is 0.224 e. The Morgan fingerprint density at radius 1 is 1.53 bits per heavy atom. The normalized spacial score (nSPS) is 15.1. The van der Waals surface area contributed by atoms with Gasteiger partial charge in [0.05, 0.1) is 16.6 Å². The number of nitrogens with zero attached hydrogens (tertiary/aromatic N) is 1. The Morgan fingerprint density at radius 3 is 3.12 bits per heavy atom.